The standard InChI is InChI=1S/2C10H19O2S.Zn/c2*1-3-5-6-9(4-2)7-12-10(11)8-13;/h2*8-9,13H,3-7H2,1-2H3;/q2*-1;+2. The first-order valence-electron chi connectivity index (χ1n) is 9.77. The summed E-state index contributed by atoms with van der Waals surface area (Å²) in [6.07, 6.45) is 9.24. The van der Waals surface area contributed by atoms with Gasteiger partial charge in [0, 0.05) is 0 Å². The van der Waals surface area contributed by atoms with Gasteiger partial charge in [-0.1, -0.05) is 66.2 Å². The summed E-state index contributed by atoms with van der Waals surface area (Å²) in [5.74, 6) is 2.67. The quantitative estimate of drug-likeness (QED) is 0.148. The molecule has 0 saturated heterocycles. The van der Waals surface area contributed by atoms with Crippen molar-refractivity contribution in [2.24, 2.45) is 11.8 Å². The number of unbranched alkanes of at least 4 members (excludes halogenated alkanes) is 2. The van der Waals surface area contributed by atoms with Crippen molar-refractivity contribution in [2.45, 2.75) is 79.1 Å². The van der Waals surface area contributed by atoms with E-state index in [4.69, 9.17) is 9.47 Å². The zero-order valence-corrected chi connectivity index (χ0v) is 22.4. The Kier molecular flexibility index (Phi) is 28.2. The Balaban J connectivity index is -0.000000411. The van der Waals surface area contributed by atoms with Crippen molar-refractivity contribution in [3.63, 3.8) is 0 Å². The fourth-order valence-corrected chi connectivity index (χ4v) is 2.42. The second-order valence-electron chi connectivity index (χ2n) is 6.35. The molecule has 0 heterocycles. The minimum atomic E-state index is -0.335. The summed E-state index contributed by atoms with van der Waals surface area (Å²) in [6.45, 7) is 9.65. The fraction of sp³-hybridized carbons (Fsp3) is 0.800. The minimum absolute atomic E-state index is 0. The number of hydrogen-bond acceptors (Lipinski definition) is 6. The smallest absolute Gasteiger partial charge is 0.487 e. The van der Waals surface area contributed by atoms with E-state index >= 15 is 0 Å². The van der Waals surface area contributed by atoms with Gasteiger partial charge in [0.1, 0.15) is 0 Å². The summed E-state index contributed by atoms with van der Waals surface area (Å²) >= 11 is 7.44. The van der Waals surface area contributed by atoms with Crippen LogP contribution in [0.5, 0.6) is 0 Å². The third-order valence-electron chi connectivity index (χ3n) is 4.22. The van der Waals surface area contributed by atoms with Gasteiger partial charge in [0.05, 0.1) is 13.2 Å². The maximum absolute atomic E-state index is 10.8. The van der Waals surface area contributed by atoms with Gasteiger partial charge in [-0.05, 0) is 24.7 Å². The summed E-state index contributed by atoms with van der Waals surface area (Å²) in [7, 11) is 0. The molecule has 0 aliphatic carbocycles. The van der Waals surface area contributed by atoms with Gasteiger partial charge in [0.2, 0.25) is 0 Å². The van der Waals surface area contributed by atoms with Crippen LogP contribution in [0.15, 0.2) is 0 Å². The summed E-state index contributed by atoms with van der Waals surface area (Å²) in [5, 5.41) is 0. The third-order valence-corrected chi connectivity index (χ3v) is 4.64. The molecule has 0 amide bonds. The molecule has 0 rings (SSSR count). The van der Waals surface area contributed by atoms with E-state index in [1.165, 1.54) is 25.7 Å². The van der Waals surface area contributed by atoms with Crippen LogP contribution in [0.4, 0.5) is 0 Å². The van der Waals surface area contributed by atoms with Crippen LogP contribution in [0.25, 0.3) is 0 Å². The number of ether oxygens (including phenoxy) is 2. The van der Waals surface area contributed by atoms with Gasteiger partial charge in [-0.3, -0.25) is 9.59 Å². The zero-order valence-electron chi connectivity index (χ0n) is 17.6. The molecule has 0 N–H and O–H groups in total. The molecule has 0 fully saturated rings. The van der Waals surface area contributed by atoms with Gasteiger partial charge in [-0.15, -0.1) is 0 Å². The monoisotopic (exact) mass is 470 g/mol. The molecule has 0 aromatic heterocycles. The first-order valence-corrected chi connectivity index (χ1v) is 10.8. The predicted molar refractivity (Wildman–Crippen MR) is 115 cm³/mol. The van der Waals surface area contributed by atoms with Crippen LogP contribution >= 0.6 is 25.3 Å². The molecule has 0 saturated carbocycles. The van der Waals surface area contributed by atoms with E-state index in [2.05, 4.69) is 53.0 Å². The Morgan fingerprint density at radius 1 is 0.778 bits per heavy atom. The SMILES string of the molecule is CCCCC(CC)COC(=O)[CH-]S.CCCCC(CC)COC(=O)[CH-]S.[Zn+2]. The first-order chi connectivity index (χ1) is 12.5. The number of rotatable bonds is 14. The van der Waals surface area contributed by atoms with Crippen molar-refractivity contribution < 1.29 is 38.5 Å². The van der Waals surface area contributed by atoms with Gasteiger partial charge in [-0.25, -0.2) is 11.5 Å². The van der Waals surface area contributed by atoms with Crippen molar-refractivity contribution in [3.05, 3.63) is 11.5 Å². The van der Waals surface area contributed by atoms with Crippen molar-refractivity contribution >= 4 is 37.2 Å². The van der Waals surface area contributed by atoms with Crippen LogP contribution in [-0.2, 0) is 38.5 Å². The Bertz CT molecular complexity index is 312. The van der Waals surface area contributed by atoms with Crippen LogP contribution in [0.2, 0.25) is 0 Å². The maximum atomic E-state index is 10.8. The molecular formula is C20H38O4S2Zn. The maximum Gasteiger partial charge on any atom is 2.00 e. The normalized spacial score (nSPS) is 11.8. The van der Waals surface area contributed by atoms with Gasteiger partial charge in [0.25, 0.3) is 0 Å². The number of hydrogen-bond donors (Lipinski definition) is 2. The number of esters is 2. The van der Waals surface area contributed by atoms with Crippen LogP contribution < -0.4 is 0 Å². The summed E-state index contributed by atoms with van der Waals surface area (Å²) in [5.41, 5.74) is 0. The van der Waals surface area contributed by atoms with Crippen molar-refractivity contribution in [1.82, 2.24) is 0 Å². The van der Waals surface area contributed by atoms with Crippen LogP contribution in [-0.4, -0.2) is 25.2 Å². The summed E-state index contributed by atoms with van der Waals surface area (Å²) < 4.78 is 9.94. The summed E-state index contributed by atoms with van der Waals surface area (Å²) in [6, 6.07) is 0. The van der Waals surface area contributed by atoms with E-state index in [1.54, 1.807) is 0 Å². The molecule has 0 aromatic carbocycles. The van der Waals surface area contributed by atoms with E-state index in [9.17, 15) is 9.59 Å². The van der Waals surface area contributed by atoms with Crippen LogP contribution in [0.3, 0.4) is 0 Å². The topological polar surface area (TPSA) is 52.6 Å². The van der Waals surface area contributed by atoms with E-state index < -0.39 is 0 Å². The minimum Gasteiger partial charge on any atom is -0.487 e. The van der Waals surface area contributed by atoms with E-state index in [1.807, 2.05) is 0 Å². The average molecular weight is 472 g/mol. The molecule has 0 aliphatic heterocycles. The second kappa shape index (κ2) is 24.0. The molecule has 0 aromatic rings. The van der Waals surface area contributed by atoms with E-state index in [0.29, 0.717) is 25.0 Å². The van der Waals surface area contributed by atoms with Crippen LogP contribution in [0, 0.1) is 23.3 Å². The average Bonchev–Trinajstić information content (AvgIpc) is 2.68. The first kappa shape index (κ1) is 31.7. The van der Waals surface area contributed by atoms with Crippen molar-refractivity contribution in [3.8, 4) is 0 Å². The number of thiol groups is 2. The fourth-order valence-electron chi connectivity index (χ4n) is 2.27. The molecule has 7 heteroatoms. The molecule has 27 heavy (non-hydrogen) atoms. The Hall–Kier alpha value is 0.00338. The largest absolute Gasteiger partial charge is 2.00 e. The van der Waals surface area contributed by atoms with Gasteiger partial charge in [-0.2, -0.15) is 0 Å². The Labute approximate surface area is 190 Å². The second-order valence-corrected chi connectivity index (χ2v) is 6.87. The van der Waals surface area contributed by atoms with Crippen molar-refractivity contribution in [2.75, 3.05) is 13.2 Å². The Morgan fingerprint density at radius 2 is 1.11 bits per heavy atom. The Morgan fingerprint density at radius 3 is 1.33 bits per heavy atom. The zero-order chi connectivity index (χ0) is 20.2. The van der Waals surface area contributed by atoms with Gasteiger partial charge < -0.3 is 34.7 Å². The van der Waals surface area contributed by atoms with E-state index in [0.717, 1.165) is 37.2 Å². The molecule has 0 spiro atoms. The number of carbonyl (C=O) groups is 2. The van der Waals surface area contributed by atoms with E-state index in [-0.39, 0.29) is 31.4 Å². The predicted octanol–water partition coefficient (Wildman–Crippen LogP) is 5.67. The van der Waals surface area contributed by atoms with Crippen LogP contribution in [0.1, 0.15) is 79.1 Å². The molecule has 0 bridgehead atoms. The molecule has 156 valence electrons. The number of carbonyl (C=O) groups excluding carboxylic acids is 2. The molecule has 2 unspecified atom stereocenters. The van der Waals surface area contributed by atoms with Gasteiger partial charge >= 0.3 is 19.5 Å². The van der Waals surface area contributed by atoms with Gasteiger partial charge in [0.15, 0.2) is 11.9 Å². The summed E-state index contributed by atoms with van der Waals surface area (Å²) in [4.78, 5) is 21.5. The molecular weight excluding hydrogens is 434 g/mol. The molecule has 2 atom stereocenters. The molecule has 4 nitrogen and oxygen atoms in total. The third kappa shape index (κ3) is 22.2. The molecule has 0 radical (unpaired) electrons. The van der Waals surface area contributed by atoms with Crippen molar-refractivity contribution in [1.29, 1.82) is 0 Å². The molecule has 0 aliphatic rings.